The van der Waals surface area contributed by atoms with Gasteiger partial charge in [0.1, 0.15) is 0 Å². The van der Waals surface area contributed by atoms with Crippen LogP contribution >= 0.6 is 0 Å². The van der Waals surface area contributed by atoms with Crippen LogP contribution in [0.2, 0.25) is 0 Å². The number of rotatable bonds is 6. The molecule has 0 rings (SSSR count). The molecule has 81 valence electrons. The van der Waals surface area contributed by atoms with E-state index in [1.54, 1.807) is 0 Å². The topological polar surface area (TPSA) is 124 Å². The summed E-state index contributed by atoms with van der Waals surface area (Å²) in [5.41, 5.74) is 0. The largest absolute Gasteiger partial charge is 3.00 e. The van der Waals surface area contributed by atoms with E-state index in [9.17, 15) is 29.7 Å². The van der Waals surface area contributed by atoms with Crippen LogP contribution in [-0.2, 0) is 30.9 Å². The standard InChI is InChI=1S/C6H9NO6.Ni/c8-4(9)1-7(2-5(10)11)3-6(12)13;/h1-3H2,(H,8,9)(H,10,11)(H,12,13);/q;+3/p-3. The Morgan fingerprint density at radius 2 is 1.00 bits per heavy atom. The third-order valence-electron chi connectivity index (χ3n) is 1.06. The summed E-state index contributed by atoms with van der Waals surface area (Å²) in [7, 11) is 0. The summed E-state index contributed by atoms with van der Waals surface area (Å²) in [6.07, 6.45) is 0. The van der Waals surface area contributed by atoms with Gasteiger partial charge in [0.25, 0.3) is 0 Å². The predicted octanol–water partition coefficient (Wildman–Crippen LogP) is -5.46. The van der Waals surface area contributed by atoms with Crippen LogP contribution in [0.15, 0.2) is 0 Å². The smallest absolute Gasteiger partial charge is 0.549 e. The van der Waals surface area contributed by atoms with Crippen molar-refractivity contribution >= 4 is 17.9 Å². The van der Waals surface area contributed by atoms with Crippen LogP contribution in [0.1, 0.15) is 0 Å². The predicted molar refractivity (Wildman–Crippen MR) is 31.5 cm³/mol. The number of carbonyl (C=O) groups excluding carboxylic acids is 3. The van der Waals surface area contributed by atoms with Crippen LogP contribution in [0, 0.1) is 0 Å². The maximum atomic E-state index is 9.99. The second-order valence-electron chi connectivity index (χ2n) is 2.26. The van der Waals surface area contributed by atoms with Crippen molar-refractivity contribution in [1.29, 1.82) is 0 Å². The molecular formula is C6H6NNiO6. The molecule has 0 aromatic rings. The summed E-state index contributed by atoms with van der Waals surface area (Å²) in [4.78, 5) is 30.6. The fourth-order valence-electron chi connectivity index (χ4n) is 0.715. The van der Waals surface area contributed by atoms with Gasteiger partial charge in [-0.15, -0.1) is 0 Å². The first-order valence-electron chi connectivity index (χ1n) is 3.23. The average molecular weight is 247 g/mol. The zero-order chi connectivity index (χ0) is 10.4. The Balaban J connectivity index is 0. The van der Waals surface area contributed by atoms with Gasteiger partial charge in [0.2, 0.25) is 0 Å². The van der Waals surface area contributed by atoms with E-state index in [0.29, 0.717) is 4.90 Å². The molecule has 0 aliphatic rings. The van der Waals surface area contributed by atoms with Crippen LogP contribution in [0.25, 0.3) is 0 Å². The zero-order valence-electron chi connectivity index (χ0n) is 6.83. The maximum absolute atomic E-state index is 9.99. The van der Waals surface area contributed by atoms with Crippen molar-refractivity contribution in [2.24, 2.45) is 0 Å². The molecule has 0 N–H and O–H groups in total. The molecule has 0 saturated carbocycles. The van der Waals surface area contributed by atoms with Crippen molar-refractivity contribution in [2.45, 2.75) is 0 Å². The third-order valence-corrected chi connectivity index (χ3v) is 1.06. The summed E-state index contributed by atoms with van der Waals surface area (Å²) in [5, 5.41) is 30.0. The molecule has 0 aliphatic carbocycles. The van der Waals surface area contributed by atoms with E-state index in [1.165, 1.54) is 0 Å². The van der Waals surface area contributed by atoms with Crippen LogP contribution in [0.3, 0.4) is 0 Å². The van der Waals surface area contributed by atoms with Crippen LogP contribution < -0.4 is 15.3 Å². The SMILES string of the molecule is O=C([O-])CN(CC(=O)[O-])CC(=O)[O-].[Ni+3]. The van der Waals surface area contributed by atoms with Gasteiger partial charge >= 0.3 is 16.5 Å². The minimum absolute atomic E-state index is 0. The van der Waals surface area contributed by atoms with Crippen LogP contribution in [0.4, 0.5) is 0 Å². The van der Waals surface area contributed by atoms with Gasteiger partial charge in [-0.1, -0.05) is 0 Å². The summed E-state index contributed by atoms with van der Waals surface area (Å²) in [6.45, 7) is -2.37. The second kappa shape index (κ2) is 7.28. The summed E-state index contributed by atoms with van der Waals surface area (Å²) >= 11 is 0. The molecule has 0 saturated heterocycles. The van der Waals surface area contributed by atoms with E-state index in [-0.39, 0.29) is 16.5 Å². The summed E-state index contributed by atoms with van der Waals surface area (Å²) in [6, 6.07) is 0. The number of hydrogen-bond acceptors (Lipinski definition) is 7. The van der Waals surface area contributed by atoms with Gasteiger partial charge in [0, 0.05) is 19.6 Å². The molecule has 0 aromatic heterocycles. The Morgan fingerprint density at radius 3 is 1.14 bits per heavy atom. The summed E-state index contributed by atoms with van der Waals surface area (Å²) in [5.74, 6) is -4.70. The van der Waals surface area contributed by atoms with E-state index in [4.69, 9.17) is 0 Å². The molecule has 8 heteroatoms. The summed E-state index contributed by atoms with van der Waals surface area (Å²) < 4.78 is 0. The zero-order valence-corrected chi connectivity index (χ0v) is 7.82. The van der Waals surface area contributed by atoms with E-state index < -0.39 is 37.5 Å². The van der Waals surface area contributed by atoms with Crippen molar-refractivity contribution in [2.75, 3.05) is 19.6 Å². The second-order valence-corrected chi connectivity index (χ2v) is 2.26. The molecule has 1 radical (unpaired) electrons. The minimum atomic E-state index is -1.57. The van der Waals surface area contributed by atoms with Gasteiger partial charge in [-0.2, -0.15) is 0 Å². The molecular weight excluding hydrogens is 241 g/mol. The number of carbonyl (C=O) groups is 3. The number of carboxylic acids is 3. The molecule has 0 aromatic carbocycles. The molecule has 0 bridgehead atoms. The van der Waals surface area contributed by atoms with Crippen molar-refractivity contribution in [3.63, 3.8) is 0 Å². The van der Waals surface area contributed by atoms with Crippen LogP contribution in [0.5, 0.6) is 0 Å². The Kier molecular flexibility index (Phi) is 7.98. The van der Waals surface area contributed by atoms with Gasteiger partial charge in [-0.05, 0) is 0 Å². The number of aliphatic carboxylic acids is 3. The van der Waals surface area contributed by atoms with E-state index in [2.05, 4.69) is 0 Å². The average Bonchev–Trinajstić information content (AvgIpc) is 1.80. The fraction of sp³-hybridized carbons (Fsp3) is 0.500. The Hall–Kier alpha value is -1.14. The van der Waals surface area contributed by atoms with Crippen molar-refractivity contribution in [1.82, 2.24) is 4.90 Å². The molecule has 14 heavy (non-hydrogen) atoms. The van der Waals surface area contributed by atoms with E-state index in [0.717, 1.165) is 0 Å². The molecule has 0 heterocycles. The Labute approximate surface area is 89.2 Å². The van der Waals surface area contributed by atoms with E-state index >= 15 is 0 Å². The van der Waals surface area contributed by atoms with Gasteiger partial charge in [-0.25, -0.2) is 0 Å². The van der Waals surface area contributed by atoms with Gasteiger partial charge in [0.15, 0.2) is 0 Å². The van der Waals surface area contributed by atoms with E-state index in [1.807, 2.05) is 0 Å². The monoisotopic (exact) mass is 246 g/mol. The maximum Gasteiger partial charge on any atom is 3.00 e. The number of nitrogens with zero attached hydrogens (tertiary/aromatic N) is 1. The number of carboxylic acid groups (broad SMARTS) is 3. The first-order chi connectivity index (χ1) is 5.91. The molecule has 7 nitrogen and oxygen atoms in total. The van der Waals surface area contributed by atoms with Crippen molar-refractivity contribution in [3.05, 3.63) is 0 Å². The van der Waals surface area contributed by atoms with Gasteiger partial charge < -0.3 is 29.7 Å². The molecule has 0 amide bonds. The van der Waals surface area contributed by atoms with Crippen LogP contribution in [-0.4, -0.2) is 42.4 Å². The fourth-order valence-corrected chi connectivity index (χ4v) is 0.715. The number of hydrogen-bond donors (Lipinski definition) is 0. The first kappa shape index (κ1) is 15.3. The molecule has 0 fully saturated rings. The quantitative estimate of drug-likeness (QED) is 0.428. The normalized spacial score (nSPS) is 9.21. The molecule has 0 unspecified atom stereocenters. The Bertz CT molecular complexity index is 192. The minimum Gasteiger partial charge on any atom is -0.549 e. The van der Waals surface area contributed by atoms with Crippen molar-refractivity contribution in [3.8, 4) is 0 Å². The Morgan fingerprint density at radius 1 is 0.786 bits per heavy atom. The van der Waals surface area contributed by atoms with Gasteiger partial charge in [0.05, 0.1) is 17.9 Å². The first-order valence-corrected chi connectivity index (χ1v) is 3.23. The molecule has 0 atom stereocenters. The molecule has 0 spiro atoms. The van der Waals surface area contributed by atoms with Gasteiger partial charge in [-0.3, -0.25) is 4.90 Å². The molecule has 0 aliphatic heterocycles. The third kappa shape index (κ3) is 8.96. The van der Waals surface area contributed by atoms with Crippen molar-refractivity contribution < 1.29 is 46.2 Å².